The van der Waals surface area contributed by atoms with Gasteiger partial charge in [-0.1, -0.05) is 12.1 Å². The molecule has 8 nitrogen and oxygen atoms in total. The summed E-state index contributed by atoms with van der Waals surface area (Å²) in [5.74, 6) is -0.427. The molecule has 2 atom stereocenters. The van der Waals surface area contributed by atoms with E-state index >= 15 is 0 Å². The SMILES string of the molecule is CNC(C(=O)Nc1cccc(CN2CCCC2C(N)=O)c1)c1cnn(C)c1. The molecule has 2 amide bonds. The molecule has 8 heteroatoms. The molecule has 1 aromatic carbocycles. The van der Waals surface area contributed by atoms with Crippen LogP contribution in [0, 0.1) is 0 Å². The summed E-state index contributed by atoms with van der Waals surface area (Å²) in [6.07, 6.45) is 5.27. The standard InChI is InChI=1S/C19H26N6O2/c1-21-17(14-10-22-24(2)12-14)19(27)23-15-6-3-5-13(9-15)11-25-8-4-7-16(25)18(20)26/h3,5-6,9-10,12,16-17,21H,4,7-8,11H2,1-2H3,(H2,20,26)(H,23,27). The Morgan fingerprint density at radius 3 is 2.89 bits per heavy atom. The lowest BCUT2D eigenvalue weighted by Crippen LogP contribution is -2.39. The van der Waals surface area contributed by atoms with E-state index in [1.165, 1.54) is 0 Å². The smallest absolute Gasteiger partial charge is 0.246 e. The number of nitrogens with two attached hydrogens (primary N) is 1. The Kier molecular flexibility index (Phi) is 5.88. The lowest BCUT2D eigenvalue weighted by Gasteiger charge is -2.22. The Morgan fingerprint density at radius 2 is 2.22 bits per heavy atom. The minimum absolute atomic E-state index is 0.154. The number of hydrogen-bond donors (Lipinski definition) is 3. The van der Waals surface area contributed by atoms with Gasteiger partial charge < -0.3 is 16.4 Å². The van der Waals surface area contributed by atoms with Crippen molar-refractivity contribution in [2.24, 2.45) is 12.8 Å². The van der Waals surface area contributed by atoms with Crippen LogP contribution in [0.25, 0.3) is 0 Å². The summed E-state index contributed by atoms with van der Waals surface area (Å²) >= 11 is 0. The van der Waals surface area contributed by atoms with E-state index in [-0.39, 0.29) is 17.9 Å². The average Bonchev–Trinajstić information content (AvgIpc) is 3.25. The van der Waals surface area contributed by atoms with Gasteiger partial charge in [0.25, 0.3) is 0 Å². The number of hydrogen-bond acceptors (Lipinski definition) is 5. The lowest BCUT2D eigenvalue weighted by molar-refractivity contribution is -0.122. The van der Waals surface area contributed by atoms with Crippen molar-refractivity contribution >= 4 is 17.5 Å². The maximum atomic E-state index is 12.7. The molecule has 2 unspecified atom stereocenters. The zero-order valence-electron chi connectivity index (χ0n) is 15.7. The first-order valence-corrected chi connectivity index (χ1v) is 9.07. The number of aromatic nitrogens is 2. The Hall–Kier alpha value is -2.71. The molecule has 1 aliphatic rings. The topological polar surface area (TPSA) is 105 Å². The highest BCUT2D eigenvalue weighted by Gasteiger charge is 2.28. The van der Waals surface area contributed by atoms with Crippen LogP contribution in [0.15, 0.2) is 36.7 Å². The van der Waals surface area contributed by atoms with Crippen molar-refractivity contribution in [1.82, 2.24) is 20.0 Å². The predicted molar refractivity (Wildman–Crippen MR) is 103 cm³/mol. The van der Waals surface area contributed by atoms with Gasteiger partial charge in [-0.3, -0.25) is 19.2 Å². The minimum Gasteiger partial charge on any atom is -0.368 e. The van der Waals surface area contributed by atoms with E-state index in [2.05, 4.69) is 20.6 Å². The van der Waals surface area contributed by atoms with Gasteiger partial charge in [0.05, 0.1) is 12.2 Å². The highest BCUT2D eigenvalue weighted by molar-refractivity contribution is 5.95. The summed E-state index contributed by atoms with van der Waals surface area (Å²) < 4.78 is 1.67. The molecule has 1 aromatic heterocycles. The molecule has 2 heterocycles. The highest BCUT2D eigenvalue weighted by atomic mass is 16.2. The first-order chi connectivity index (χ1) is 13.0. The van der Waals surface area contributed by atoms with Crippen molar-refractivity contribution in [3.63, 3.8) is 0 Å². The van der Waals surface area contributed by atoms with Crippen LogP contribution in [0.4, 0.5) is 5.69 Å². The number of primary amides is 1. The number of carbonyl (C=O) groups is 2. The highest BCUT2D eigenvalue weighted by Crippen LogP contribution is 2.22. The maximum Gasteiger partial charge on any atom is 0.246 e. The quantitative estimate of drug-likeness (QED) is 0.668. The van der Waals surface area contributed by atoms with Crippen molar-refractivity contribution in [2.75, 3.05) is 18.9 Å². The van der Waals surface area contributed by atoms with Crippen molar-refractivity contribution in [3.8, 4) is 0 Å². The number of amides is 2. The molecule has 0 saturated carbocycles. The van der Waals surface area contributed by atoms with Gasteiger partial charge in [0.1, 0.15) is 6.04 Å². The van der Waals surface area contributed by atoms with Gasteiger partial charge in [0.2, 0.25) is 11.8 Å². The summed E-state index contributed by atoms with van der Waals surface area (Å²) in [6.45, 7) is 1.49. The fraction of sp³-hybridized carbons (Fsp3) is 0.421. The van der Waals surface area contributed by atoms with Crippen LogP contribution in [0.3, 0.4) is 0 Å². The Morgan fingerprint density at radius 1 is 1.41 bits per heavy atom. The van der Waals surface area contributed by atoms with Crippen LogP contribution in [0.5, 0.6) is 0 Å². The van der Waals surface area contributed by atoms with Crippen LogP contribution in [0.1, 0.15) is 30.0 Å². The summed E-state index contributed by atoms with van der Waals surface area (Å²) in [5.41, 5.74) is 8.04. The van der Waals surface area contributed by atoms with Gasteiger partial charge in [-0.25, -0.2) is 0 Å². The summed E-state index contributed by atoms with van der Waals surface area (Å²) in [5, 5.41) is 10.1. The number of carbonyl (C=O) groups excluding carboxylic acids is 2. The molecule has 2 aromatic rings. The zero-order chi connectivity index (χ0) is 19.4. The van der Waals surface area contributed by atoms with Crippen molar-refractivity contribution in [3.05, 3.63) is 47.8 Å². The van der Waals surface area contributed by atoms with Gasteiger partial charge in [0.15, 0.2) is 0 Å². The van der Waals surface area contributed by atoms with E-state index in [1.54, 1.807) is 17.9 Å². The molecular formula is C19H26N6O2. The number of nitrogens with one attached hydrogen (secondary N) is 2. The van der Waals surface area contributed by atoms with Crippen LogP contribution in [-0.2, 0) is 23.2 Å². The van der Waals surface area contributed by atoms with Crippen LogP contribution < -0.4 is 16.4 Å². The van der Waals surface area contributed by atoms with Crippen LogP contribution in [-0.4, -0.2) is 46.1 Å². The third-order valence-electron chi connectivity index (χ3n) is 4.88. The summed E-state index contributed by atoms with van der Waals surface area (Å²) in [4.78, 5) is 26.3. The first kappa shape index (κ1) is 19.1. The van der Waals surface area contributed by atoms with E-state index in [9.17, 15) is 9.59 Å². The fourth-order valence-electron chi connectivity index (χ4n) is 3.57. The van der Waals surface area contributed by atoms with Gasteiger partial charge in [-0.15, -0.1) is 0 Å². The zero-order valence-corrected chi connectivity index (χ0v) is 15.7. The molecule has 0 aliphatic carbocycles. The van der Waals surface area contributed by atoms with Crippen LogP contribution in [0.2, 0.25) is 0 Å². The number of anilines is 1. The Bertz CT molecular complexity index is 818. The van der Waals surface area contributed by atoms with Crippen molar-refractivity contribution in [1.29, 1.82) is 0 Å². The number of likely N-dealkylation sites (tertiary alicyclic amines) is 1. The van der Waals surface area contributed by atoms with Gasteiger partial charge >= 0.3 is 0 Å². The van der Waals surface area contributed by atoms with Gasteiger partial charge in [-0.05, 0) is 44.1 Å². The molecule has 27 heavy (non-hydrogen) atoms. The summed E-state index contributed by atoms with van der Waals surface area (Å²) in [6, 6.07) is 6.99. The molecule has 0 radical (unpaired) electrons. The molecule has 3 rings (SSSR count). The van der Waals surface area contributed by atoms with E-state index in [4.69, 9.17) is 5.73 Å². The normalized spacial score (nSPS) is 18.4. The Balaban J connectivity index is 1.68. The summed E-state index contributed by atoms with van der Waals surface area (Å²) in [7, 11) is 3.56. The molecule has 0 spiro atoms. The molecule has 0 bridgehead atoms. The van der Waals surface area contributed by atoms with Crippen molar-refractivity contribution in [2.45, 2.75) is 31.5 Å². The molecular weight excluding hydrogens is 344 g/mol. The largest absolute Gasteiger partial charge is 0.368 e. The second-order valence-corrected chi connectivity index (χ2v) is 6.89. The van der Waals surface area contributed by atoms with E-state index < -0.39 is 6.04 Å². The van der Waals surface area contributed by atoms with Crippen molar-refractivity contribution < 1.29 is 9.59 Å². The fourth-order valence-corrected chi connectivity index (χ4v) is 3.57. The lowest BCUT2D eigenvalue weighted by atomic mass is 10.1. The third kappa shape index (κ3) is 4.53. The van der Waals surface area contributed by atoms with Gasteiger partial charge in [-0.2, -0.15) is 5.10 Å². The number of likely N-dealkylation sites (N-methyl/N-ethyl adjacent to an activating group) is 1. The second kappa shape index (κ2) is 8.32. The molecule has 1 aliphatic heterocycles. The molecule has 1 fully saturated rings. The number of aryl methyl sites for hydroxylation is 1. The monoisotopic (exact) mass is 370 g/mol. The maximum absolute atomic E-state index is 12.7. The second-order valence-electron chi connectivity index (χ2n) is 6.89. The van der Waals surface area contributed by atoms with Crippen LogP contribution >= 0.6 is 0 Å². The third-order valence-corrected chi connectivity index (χ3v) is 4.88. The number of nitrogens with zero attached hydrogens (tertiary/aromatic N) is 3. The Labute approximate surface area is 158 Å². The molecule has 144 valence electrons. The van der Waals surface area contributed by atoms with E-state index in [1.807, 2.05) is 37.5 Å². The number of rotatable bonds is 7. The first-order valence-electron chi connectivity index (χ1n) is 9.07. The number of benzene rings is 1. The predicted octanol–water partition coefficient (Wildman–Crippen LogP) is 0.769. The van der Waals surface area contributed by atoms with Gasteiger partial charge in [0, 0.05) is 31.0 Å². The molecule has 1 saturated heterocycles. The molecule has 4 N–H and O–H groups in total. The van der Waals surface area contributed by atoms with E-state index in [0.29, 0.717) is 6.54 Å². The average molecular weight is 370 g/mol. The van der Waals surface area contributed by atoms with E-state index in [0.717, 1.165) is 36.2 Å². The minimum atomic E-state index is -0.486.